The molecule has 2 unspecified atom stereocenters. The zero-order valence-corrected chi connectivity index (χ0v) is 12.6. The van der Waals surface area contributed by atoms with Crippen LogP contribution in [0, 0.1) is 20.8 Å². The molecule has 0 fully saturated rings. The summed E-state index contributed by atoms with van der Waals surface area (Å²) in [6.45, 7) is 8.06. The molecule has 2 atom stereocenters. The normalized spacial score (nSPS) is 14.4. The van der Waals surface area contributed by atoms with Gasteiger partial charge in [0.2, 0.25) is 0 Å². The fourth-order valence-electron chi connectivity index (χ4n) is 1.79. The molecule has 1 heterocycles. The summed E-state index contributed by atoms with van der Waals surface area (Å²) >= 11 is 1.58. The Morgan fingerprint density at radius 3 is 2.32 bits per heavy atom. The summed E-state index contributed by atoms with van der Waals surface area (Å²) < 4.78 is 5.59. The van der Waals surface area contributed by atoms with Gasteiger partial charge in [-0.2, -0.15) is 0 Å². The molecule has 19 heavy (non-hydrogen) atoms. The maximum Gasteiger partial charge on any atom is 0.256 e. The average Bonchev–Trinajstić information content (AvgIpc) is 2.68. The monoisotopic (exact) mass is 276 g/mol. The SMILES string of the molecule is Cc1ccc(C(N)C(C)Sc2nc(C)c(C)o2)cc1. The second-order valence-electron chi connectivity index (χ2n) is 4.88. The summed E-state index contributed by atoms with van der Waals surface area (Å²) in [5.74, 6) is 0.874. The molecule has 0 aliphatic rings. The Labute approximate surface area is 118 Å². The summed E-state index contributed by atoms with van der Waals surface area (Å²) in [7, 11) is 0. The smallest absolute Gasteiger partial charge is 0.256 e. The second kappa shape index (κ2) is 5.80. The first-order valence-electron chi connectivity index (χ1n) is 6.40. The van der Waals surface area contributed by atoms with Crippen LogP contribution in [0.2, 0.25) is 0 Å². The third-order valence-electron chi connectivity index (χ3n) is 3.26. The topological polar surface area (TPSA) is 52.0 Å². The van der Waals surface area contributed by atoms with Gasteiger partial charge in [0.25, 0.3) is 5.22 Å². The zero-order valence-electron chi connectivity index (χ0n) is 11.8. The average molecular weight is 276 g/mol. The number of benzene rings is 1. The van der Waals surface area contributed by atoms with Crippen LogP contribution >= 0.6 is 11.8 Å². The number of thioether (sulfide) groups is 1. The Bertz CT molecular complexity index is 528. The fraction of sp³-hybridized carbons (Fsp3) is 0.400. The van der Waals surface area contributed by atoms with Crippen LogP contribution in [0.1, 0.15) is 35.5 Å². The molecule has 0 radical (unpaired) electrons. The Kier molecular flexibility index (Phi) is 4.32. The number of hydrogen-bond donors (Lipinski definition) is 1. The van der Waals surface area contributed by atoms with Crippen molar-refractivity contribution in [2.45, 2.75) is 44.2 Å². The Hall–Kier alpha value is -1.26. The van der Waals surface area contributed by atoms with Crippen molar-refractivity contribution in [2.24, 2.45) is 5.73 Å². The van der Waals surface area contributed by atoms with Gasteiger partial charge in [-0.05, 0) is 26.3 Å². The molecular formula is C15H20N2OS. The fourth-order valence-corrected chi connectivity index (χ4v) is 2.77. The summed E-state index contributed by atoms with van der Waals surface area (Å²) in [4.78, 5) is 4.38. The predicted octanol–water partition coefficient (Wildman–Crippen LogP) is 3.78. The molecule has 0 aliphatic heterocycles. The lowest BCUT2D eigenvalue weighted by Crippen LogP contribution is -2.21. The Balaban J connectivity index is 2.06. The van der Waals surface area contributed by atoms with Gasteiger partial charge in [0.05, 0.1) is 5.69 Å². The number of oxazole rings is 1. The van der Waals surface area contributed by atoms with E-state index in [1.54, 1.807) is 11.8 Å². The first kappa shape index (κ1) is 14.2. The third-order valence-corrected chi connectivity index (χ3v) is 4.30. The van der Waals surface area contributed by atoms with E-state index >= 15 is 0 Å². The lowest BCUT2D eigenvalue weighted by molar-refractivity contribution is 0.429. The highest BCUT2D eigenvalue weighted by atomic mass is 32.2. The van der Waals surface area contributed by atoms with Crippen molar-refractivity contribution in [3.05, 3.63) is 46.8 Å². The first-order chi connectivity index (χ1) is 8.97. The van der Waals surface area contributed by atoms with Crippen molar-refractivity contribution in [3.8, 4) is 0 Å². The molecule has 0 amide bonds. The minimum atomic E-state index is -0.0295. The van der Waals surface area contributed by atoms with Crippen LogP contribution in [0.15, 0.2) is 33.9 Å². The third kappa shape index (κ3) is 3.39. The quantitative estimate of drug-likeness (QED) is 0.863. The standard InChI is InChI=1S/C15H20N2OS/c1-9-5-7-13(8-6-9)14(16)12(4)19-15-17-10(2)11(3)18-15/h5-8,12,14H,16H2,1-4H3. The van der Waals surface area contributed by atoms with Gasteiger partial charge < -0.3 is 10.2 Å². The molecular weight excluding hydrogens is 256 g/mol. The summed E-state index contributed by atoms with van der Waals surface area (Å²) in [6.07, 6.45) is 0. The van der Waals surface area contributed by atoms with Crippen molar-refractivity contribution in [2.75, 3.05) is 0 Å². The molecule has 0 spiro atoms. The zero-order chi connectivity index (χ0) is 14.0. The van der Waals surface area contributed by atoms with E-state index in [1.165, 1.54) is 5.56 Å². The number of nitrogens with two attached hydrogens (primary N) is 1. The number of aryl methyl sites for hydroxylation is 3. The molecule has 0 saturated heterocycles. The maximum absolute atomic E-state index is 6.29. The van der Waals surface area contributed by atoms with Gasteiger partial charge in [-0.3, -0.25) is 0 Å². The molecule has 2 rings (SSSR count). The molecule has 1 aromatic carbocycles. The van der Waals surface area contributed by atoms with Crippen molar-refractivity contribution in [1.29, 1.82) is 0 Å². The summed E-state index contributed by atoms with van der Waals surface area (Å²) in [6, 6.07) is 8.32. The van der Waals surface area contributed by atoms with E-state index in [-0.39, 0.29) is 11.3 Å². The molecule has 3 nitrogen and oxygen atoms in total. The Morgan fingerprint density at radius 2 is 1.79 bits per heavy atom. The maximum atomic E-state index is 6.29. The minimum Gasteiger partial charge on any atom is -0.437 e. The lowest BCUT2D eigenvalue weighted by Gasteiger charge is -2.18. The van der Waals surface area contributed by atoms with Crippen LogP contribution in [0.25, 0.3) is 0 Å². The van der Waals surface area contributed by atoms with Crippen LogP contribution in [-0.2, 0) is 0 Å². The van der Waals surface area contributed by atoms with E-state index in [1.807, 2.05) is 13.8 Å². The molecule has 2 N–H and O–H groups in total. The summed E-state index contributed by atoms with van der Waals surface area (Å²) in [5, 5.41) is 0.908. The number of aromatic nitrogens is 1. The Morgan fingerprint density at radius 1 is 1.16 bits per heavy atom. The number of nitrogens with zero attached hydrogens (tertiary/aromatic N) is 1. The van der Waals surface area contributed by atoms with Gasteiger partial charge in [0.1, 0.15) is 5.76 Å². The van der Waals surface area contributed by atoms with Crippen LogP contribution in [0.5, 0.6) is 0 Å². The molecule has 0 saturated carbocycles. The second-order valence-corrected chi connectivity index (χ2v) is 6.21. The van der Waals surface area contributed by atoms with E-state index in [4.69, 9.17) is 10.2 Å². The predicted molar refractivity (Wildman–Crippen MR) is 79.4 cm³/mol. The van der Waals surface area contributed by atoms with Crippen molar-refractivity contribution >= 4 is 11.8 Å². The van der Waals surface area contributed by atoms with Gasteiger partial charge in [-0.1, -0.05) is 48.5 Å². The van der Waals surface area contributed by atoms with E-state index in [0.29, 0.717) is 5.22 Å². The molecule has 102 valence electrons. The van der Waals surface area contributed by atoms with Gasteiger partial charge in [0.15, 0.2) is 0 Å². The molecule has 1 aromatic heterocycles. The van der Waals surface area contributed by atoms with Crippen LogP contribution in [0.4, 0.5) is 0 Å². The van der Waals surface area contributed by atoms with Crippen LogP contribution < -0.4 is 5.73 Å². The number of hydrogen-bond acceptors (Lipinski definition) is 4. The highest BCUT2D eigenvalue weighted by Crippen LogP contribution is 2.31. The highest BCUT2D eigenvalue weighted by Gasteiger charge is 2.19. The summed E-state index contributed by atoms with van der Waals surface area (Å²) in [5.41, 5.74) is 9.62. The first-order valence-corrected chi connectivity index (χ1v) is 7.28. The largest absolute Gasteiger partial charge is 0.437 e. The molecule has 0 aliphatic carbocycles. The van der Waals surface area contributed by atoms with E-state index < -0.39 is 0 Å². The van der Waals surface area contributed by atoms with Gasteiger partial charge in [-0.25, -0.2) is 4.98 Å². The van der Waals surface area contributed by atoms with Gasteiger partial charge in [-0.15, -0.1) is 0 Å². The lowest BCUT2D eigenvalue weighted by atomic mass is 10.0. The molecule has 0 bridgehead atoms. The van der Waals surface area contributed by atoms with E-state index in [0.717, 1.165) is 17.0 Å². The van der Waals surface area contributed by atoms with Crippen LogP contribution in [0.3, 0.4) is 0 Å². The highest BCUT2D eigenvalue weighted by molar-refractivity contribution is 7.99. The molecule has 2 aromatic rings. The van der Waals surface area contributed by atoms with Gasteiger partial charge in [0, 0.05) is 11.3 Å². The van der Waals surface area contributed by atoms with Crippen molar-refractivity contribution in [3.63, 3.8) is 0 Å². The van der Waals surface area contributed by atoms with Crippen molar-refractivity contribution < 1.29 is 4.42 Å². The van der Waals surface area contributed by atoms with Crippen LogP contribution in [-0.4, -0.2) is 10.2 Å². The molecule has 4 heteroatoms. The van der Waals surface area contributed by atoms with E-state index in [9.17, 15) is 0 Å². The number of rotatable bonds is 4. The van der Waals surface area contributed by atoms with E-state index in [2.05, 4.69) is 43.1 Å². The van der Waals surface area contributed by atoms with Gasteiger partial charge >= 0.3 is 0 Å². The minimum absolute atomic E-state index is 0.0295. The van der Waals surface area contributed by atoms with Crippen molar-refractivity contribution in [1.82, 2.24) is 4.98 Å².